The normalized spacial score (nSPS) is 25.3. The van der Waals surface area contributed by atoms with Gasteiger partial charge in [0, 0.05) is 26.2 Å². The van der Waals surface area contributed by atoms with E-state index in [0.717, 1.165) is 11.3 Å². The van der Waals surface area contributed by atoms with Gasteiger partial charge in [-0.2, -0.15) is 4.99 Å². The van der Waals surface area contributed by atoms with Crippen molar-refractivity contribution in [2.24, 2.45) is 15.9 Å². The number of benzene rings is 1. The van der Waals surface area contributed by atoms with E-state index in [-0.39, 0.29) is 23.5 Å². The number of fused-ring (bicyclic) bond motifs is 1. The van der Waals surface area contributed by atoms with E-state index >= 15 is 0 Å². The molecule has 0 aliphatic carbocycles. The van der Waals surface area contributed by atoms with E-state index in [1.54, 1.807) is 0 Å². The third-order valence-electron chi connectivity index (χ3n) is 5.17. The second kappa shape index (κ2) is 7.09. The fourth-order valence-electron chi connectivity index (χ4n) is 3.59. The highest BCUT2D eigenvalue weighted by Crippen LogP contribution is 2.28. The van der Waals surface area contributed by atoms with Crippen molar-refractivity contribution in [3.8, 4) is 5.75 Å². The van der Waals surface area contributed by atoms with Gasteiger partial charge >= 0.3 is 0 Å². The van der Waals surface area contributed by atoms with Crippen molar-refractivity contribution < 1.29 is 18.7 Å². The van der Waals surface area contributed by atoms with Gasteiger partial charge in [-0.15, -0.1) is 0 Å². The molecule has 142 valence electrons. The molecule has 3 aliphatic rings. The monoisotopic (exact) mass is 372 g/mol. The molecule has 1 aromatic rings. The Labute approximate surface area is 156 Å². The van der Waals surface area contributed by atoms with Gasteiger partial charge in [0.15, 0.2) is 0 Å². The Morgan fingerprint density at radius 1 is 1.19 bits per heavy atom. The fourth-order valence-corrected chi connectivity index (χ4v) is 3.59. The smallest absolute Gasteiger partial charge is 0.289 e. The van der Waals surface area contributed by atoms with Crippen LogP contribution in [0.1, 0.15) is 12.5 Å². The van der Waals surface area contributed by atoms with Gasteiger partial charge in [-0.1, -0.05) is 18.2 Å². The van der Waals surface area contributed by atoms with Crippen molar-refractivity contribution in [2.75, 3.05) is 32.8 Å². The number of carbonyl (C=O) groups is 2. The molecule has 0 aromatic heterocycles. The summed E-state index contributed by atoms with van der Waals surface area (Å²) in [6.07, 6.45) is -1.07. The highest BCUT2D eigenvalue weighted by molar-refractivity contribution is 6.16. The largest absolute Gasteiger partial charge is 0.492 e. The Hall–Kier alpha value is -2.77. The summed E-state index contributed by atoms with van der Waals surface area (Å²) in [6.45, 7) is 3.91. The zero-order valence-electron chi connectivity index (χ0n) is 15.1. The Balaban J connectivity index is 1.37. The summed E-state index contributed by atoms with van der Waals surface area (Å²) in [5.74, 6) is 0.176. The van der Waals surface area contributed by atoms with Crippen LogP contribution < -0.4 is 4.74 Å². The number of halogens is 1. The standard InChI is InChI=1S/C19H21FN4O3/c1-12-16(20)17(25)22-19(21-12)24-8-6-23(7-9-24)18(26)14-10-13-4-2-3-5-15(13)27-11-14/h2-5,14,16H,6-11H2,1H3. The minimum atomic E-state index is -1.74. The lowest BCUT2D eigenvalue weighted by Crippen LogP contribution is -2.53. The number of carbonyl (C=O) groups excluding carboxylic acids is 2. The van der Waals surface area contributed by atoms with Crippen LogP contribution >= 0.6 is 0 Å². The van der Waals surface area contributed by atoms with Crippen LogP contribution in [0.4, 0.5) is 4.39 Å². The Kier molecular flexibility index (Phi) is 4.63. The molecule has 1 fully saturated rings. The van der Waals surface area contributed by atoms with Crippen LogP contribution in [0.2, 0.25) is 0 Å². The zero-order valence-corrected chi connectivity index (χ0v) is 15.1. The SMILES string of the molecule is CC1=NC(N2CCN(C(=O)C3COc4ccccc4C3)CC2)=NC(=O)C1F. The molecule has 0 radical (unpaired) electrons. The van der Waals surface area contributed by atoms with Crippen LogP contribution in [-0.2, 0) is 16.0 Å². The number of rotatable bonds is 1. The van der Waals surface area contributed by atoms with Crippen molar-refractivity contribution in [3.05, 3.63) is 29.8 Å². The van der Waals surface area contributed by atoms with E-state index in [0.29, 0.717) is 39.2 Å². The Bertz CT molecular complexity index is 830. The van der Waals surface area contributed by atoms with E-state index in [1.807, 2.05) is 34.1 Å². The minimum absolute atomic E-state index is 0.0781. The number of piperazine rings is 1. The molecule has 2 atom stereocenters. The zero-order chi connectivity index (χ0) is 19.0. The molecule has 0 bridgehead atoms. The van der Waals surface area contributed by atoms with Crippen LogP contribution in [0.15, 0.2) is 34.3 Å². The van der Waals surface area contributed by atoms with E-state index in [9.17, 15) is 14.0 Å². The fraction of sp³-hybridized carbons (Fsp3) is 0.474. The molecular formula is C19H21FN4O3. The second-order valence-electron chi connectivity index (χ2n) is 7.00. The predicted molar refractivity (Wildman–Crippen MR) is 97.7 cm³/mol. The number of alkyl halides is 1. The van der Waals surface area contributed by atoms with Gasteiger partial charge in [-0.05, 0) is 25.0 Å². The quantitative estimate of drug-likeness (QED) is 0.739. The lowest BCUT2D eigenvalue weighted by Gasteiger charge is -2.38. The Morgan fingerprint density at radius 2 is 1.93 bits per heavy atom. The van der Waals surface area contributed by atoms with Crippen molar-refractivity contribution >= 4 is 23.5 Å². The summed E-state index contributed by atoms with van der Waals surface area (Å²) in [4.78, 5) is 35.9. The first-order valence-corrected chi connectivity index (χ1v) is 9.09. The van der Waals surface area contributed by atoms with Gasteiger partial charge in [0.25, 0.3) is 5.91 Å². The van der Waals surface area contributed by atoms with Crippen LogP contribution in [-0.4, -0.2) is 72.2 Å². The topological polar surface area (TPSA) is 74.6 Å². The number of ether oxygens (including phenoxy) is 1. The molecule has 1 saturated heterocycles. The molecule has 0 spiro atoms. The minimum Gasteiger partial charge on any atom is -0.492 e. The van der Waals surface area contributed by atoms with Crippen molar-refractivity contribution in [1.82, 2.24) is 9.80 Å². The van der Waals surface area contributed by atoms with Crippen LogP contribution in [0.25, 0.3) is 0 Å². The highest BCUT2D eigenvalue weighted by Gasteiger charge is 2.33. The van der Waals surface area contributed by atoms with Crippen LogP contribution in [0.3, 0.4) is 0 Å². The van der Waals surface area contributed by atoms with Crippen molar-refractivity contribution in [2.45, 2.75) is 19.5 Å². The highest BCUT2D eigenvalue weighted by atomic mass is 19.1. The van der Waals surface area contributed by atoms with Gasteiger partial charge in [-0.25, -0.2) is 9.38 Å². The molecular weight excluding hydrogens is 351 g/mol. The van der Waals surface area contributed by atoms with Crippen molar-refractivity contribution in [3.63, 3.8) is 0 Å². The average molecular weight is 372 g/mol. The van der Waals surface area contributed by atoms with E-state index in [2.05, 4.69) is 9.98 Å². The summed E-state index contributed by atoms with van der Waals surface area (Å²) in [7, 11) is 0. The van der Waals surface area contributed by atoms with Crippen molar-refractivity contribution in [1.29, 1.82) is 0 Å². The van der Waals surface area contributed by atoms with Gasteiger partial charge in [0.05, 0.1) is 11.6 Å². The van der Waals surface area contributed by atoms with Gasteiger partial charge < -0.3 is 14.5 Å². The van der Waals surface area contributed by atoms with Gasteiger partial charge in [-0.3, -0.25) is 9.59 Å². The lowest BCUT2D eigenvalue weighted by molar-refractivity contribution is -0.138. The molecule has 0 saturated carbocycles. The number of para-hydroxylation sites is 1. The van der Waals surface area contributed by atoms with E-state index in [4.69, 9.17) is 4.74 Å². The lowest BCUT2D eigenvalue weighted by atomic mass is 9.95. The maximum absolute atomic E-state index is 13.5. The number of guanidine groups is 1. The molecule has 3 aliphatic heterocycles. The first kappa shape index (κ1) is 17.6. The Morgan fingerprint density at radius 3 is 2.67 bits per heavy atom. The summed E-state index contributed by atoms with van der Waals surface area (Å²) in [5.41, 5.74) is 1.18. The number of hydrogen-bond acceptors (Lipinski definition) is 5. The van der Waals surface area contributed by atoms with Gasteiger partial charge in [0.2, 0.25) is 18.0 Å². The third kappa shape index (κ3) is 3.43. The summed E-state index contributed by atoms with van der Waals surface area (Å²) < 4.78 is 19.3. The van der Waals surface area contributed by atoms with E-state index in [1.165, 1.54) is 6.92 Å². The summed E-state index contributed by atoms with van der Waals surface area (Å²) in [6, 6.07) is 7.79. The molecule has 7 nitrogen and oxygen atoms in total. The van der Waals surface area contributed by atoms with E-state index < -0.39 is 12.1 Å². The predicted octanol–water partition coefficient (Wildman–Crippen LogP) is 1.08. The molecule has 2 unspecified atom stereocenters. The number of nitrogens with zero attached hydrogens (tertiary/aromatic N) is 4. The molecule has 27 heavy (non-hydrogen) atoms. The number of hydrogen-bond donors (Lipinski definition) is 0. The summed E-state index contributed by atoms with van der Waals surface area (Å²) >= 11 is 0. The van der Waals surface area contributed by atoms with Crippen LogP contribution in [0.5, 0.6) is 5.75 Å². The first-order chi connectivity index (χ1) is 13.0. The number of amides is 2. The second-order valence-corrected chi connectivity index (χ2v) is 7.00. The van der Waals surface area contributed by atoms with Gasteiger partial charge in [0.1, 0.15) is 12.4 Å². The maximum Gasteiger partial charge on any atom is 0.289 e. The molecule has 4 rings (SSSR count). The first-order valence-electron chi connectivity index (χ1n) is 9.09. The van der Waals surface area contributed by atoms with Crippen LogP contribution in [0, 0.1) is 5.92 Å². The molecule has 1 aromatic carbocycles. The molecule has 8 heteroatoms. The summed E-state index contributed by atoms with van der Waals surface area (Å²) in [5, 5.41) is 0. The third-order valence-corrected chi connectivity index (χ3v) is 5.17. The molecule has 0 N–H and O–H groups in total. The number of aliphatic imine (C=N–C) groups is 2. The molecule has 2 amide bonds. The maximum atomic E-state index is 13.5. The average Bonchev–Trinajstić information content (AvgIpc) is 2.71. The molecule has 3 heterocycles.